The van der Waals surface area contributed by atoms with E-state index in [0.717, 1.165) is 41.9 Å². The van der Waals surface area contributed by atoms with Crippen molar-refractivity contribution in [3.63, 3.8) is 0 Å². The molecule has 1 saturated heterocycles. The van der Waals surface area contributed by atoms with Gasteiger partial charge in [-0.15, -0.1) is 0 Å². The molecule has 1 aliphatic heterocycles. The fraction of sp³-hybridized carbons (Fsp3) is 0.481. The quantitative estimate of drug-likeness (QED) is 0.373. The Kier molecular flexibility index (Phi) is 8.76. The maximum absolute atomic E-state index is 14.0. The highest BCUT2D eigenvalue weighted by Gasteiger charge is 2.33. The highest BCUT2D eigenvalue weighted by atomic mass is 19.1. The molecule has 3 aromatic rings. The number of ether oxygens (including phenoxy) is 3. The number of benzene rings is 1. The zero-order valence-electron chi connectivity index (χ0n) is 22.4. The number of carbonyl (C=O) groups is 1. The van der Waals surface area contributed by atoms with Crippen LogP contribution in [-0.4, -0.2) is 44.0 Å². The second-order valence-electron chi connectivity index (χ2n) is 9.92. The lowest BCUT2D eigenvalue weighted by molar-refractivity contribution is -0.139. The van der Waals surface area contributed by atoms with Crippen LogP contribution in [0.1, 0.15) is 53.0 Å². The zero-order chi connectivity index (χ0) is 28.2. The van der Waals surface area contributed by atoms with E-state index in [2.05, 4.69) is 15.5 Å². The lowest BCUT2D eigenvalue weighted by Gasteiger charge is -2.22. The van der Waals surface area contributed by atoms with Gasteiger partial charge in [-0.3, -0.25) is 14.3 Å². The van der Waals surface area contributed by atoms with Crippen molar-refractivity contribution >= 4 is 11.7 Å². The first-order chi connectivity index (χ1) is 18.6. The summed E-state index contributed by atoms with van der Waals surface area (Å²) >= 11 is 0. The van der Waals surface area contributed by atoms with Gasteiger partial charge in [0.25, 0.3) is 11.5 Å². The zero-order valence-corrected chi connectivity index (χ0v) is 22.4. The van der Waals surface area contributed by atoms with E-state index in [1.807, 2.05) is 27.7 Å². The molecule has 0 radical (unpaired) electrons. The summed E-state index contributed by atoms with van der Waals surface area (Å²) in [7, 11) is 0. The molecular weight excluding hydrogens is 512 g/mol. The number of carbonyl (C=O) groups excluding carboxylic acids is 1. The molecule has 4 rings (SSSR count). The van der Waals surface area contributed by atoms with Crippen molar-refractivity contribution in [1.82, 2.24) is 19.6 Å². The minimum atomic E-state index is -0.945. The van der Waals surface area contributed by atoms with Gasteiger partial charge in [-0.25, -0.2) is 13.5 Å². The van der Waals surface area contributed by atoms with Crippen LogP contribution in [0, 0.1) is 17.6 Å². The Bertz CT molecular complexity index is 1330. The molecule has 3 heterocycles. The van der Waals surface area contributed by atoms with Crippen molar-refractivity contribution in [2.75, 3.05) is 11.9 Å². The molecule has 1 aliphatic rings. The Hall–Kier alpha value is -3.64. The summed E-state index contributed by atoms with van der Waals surface area (Å²) in [5.74, 6) is -3.27. The van der Waals surface area contributed by atoms with Crippen molar-refractivity contribution in [2.45, 2.75) is 71.4 Å². The Morgan fingerprint density at radius 3 is 2.56 bits per heavy atom. The number of nitrogens with zero attached hydrogens (tertiary/aromatic N) is 4. The SMILES string of the molecule is CCC(CC)CC(C(=O)Nc1ccn(C[C@@H]2COC(C)(C)O2)n1)n1ncc(Oc2c(F)cccc2F)cc1=O. The van der Waals surface area contributed by atoms with Gasteiger partial charge < -0.3 is 19.5 Å². The number of para-hydroxylation sites is 1. The molecule has 2 aromatic heterocycles. The summed E-state index contributed by atoms with van der Waals surface area (Å²) in [6.07, 6.45) is 4.66. The van der Waals surface area contributed by atoms with Crippen LogP contribution in [0.5, 0.6) is 11.5 Å². The third-order valence-corrected chi connectivity index (χ3v) is 6.60. The lowest BCUT2D eigenvalue weighted by atomic mass is 9.94. The van der Waals surface area contributed by atoms with E-state index in [1.54, 1.807) is 16.9 Å². The molecule has 10 nitrogen and oxygen atoms in total. The Morgan fingerprint density at radius 1 is 1.23 bits per heavy atom. The molecule has 1 aromatic carbocycles. The van der Waals surface area contributed by atoms with Gasteiger partial charge in [-0.2, -0.15) is 10.2 Å². The Morgan fingerprint density at radius 2 is 1.95 bits per heavy atom. The van der Waals surface area contributed by atoms with Gasteiger partial charge in [0.15, 0.2) is 34.7 Å². The van der Waals surface area contributed by atoms with Gasteiger partial charge in [-0.05, 0) is 38.3 Å². The largest absolute Gasteiger partial charge is 0.449 e. The van der Waals surface area contributed by atoms with Crippen LogP contribution < -0.4 is 15.6 Å². The third-order valence-electron chi connectivity index (χ3n) is 6.60. The molecule has 210 valence electrons. The maximum Gasteiger partial charge on any atom is 0.271 e. The summed E-state index contributed by atoms with van der Waals surface area (Å²) < 4.78 is 47.3. The van der Waals surface area contributed by atoms with Crippen molar-refractivity contribution in [1.29, 1.82) is 0 Å². The Balaban J connectivity index is 1.51. The molecule has 1 amide bonds. The van der Waals surface area contributed by atoms with Crippen LogP contribution in [0.25, 0.3) is 0 Å². The molecule has 0 bridgehead atoms. The number of halogens is 2. The molecule has 0 saturated carbocycles. The number of hydrogen-bond acceptors (Lipinski definition) is 7. The normalized spacial score (nSPS) is 17.4. The molecule has 12 heteroatoms. The van der Waals surface area contributed by atoms with E-state index >= 15 is 0 Å². The van der Waals surface area contributed by atoms with Crippen LogP contribution in [0.4, 0.5) is 14.6 Å². The van der Waals surface area contributed by atoms with Crippen LogP contribution in [0.3, 0.4) is 0 Å². The van der Waals surface area contributed by atoms with Crippen molar-refractivity contribution in [3.8, 4) is 11.5 Å². The summed E-state index contributed by atoms with van der Waals surface area (Å²) in [6, 6.07) is 5.04. The molecular formula is C27H33F2N5O5. The van der Waals surface area contributed by atoms with E-state index in [0.29, 0.717) is 25.4 Å². The average Bonchev–Trinajstić information content (AvgIpc) is 3.47. The molecule has 0 aliphatic carbocycles. The standard InChI is InChI=1S/C27H33F2N5O5/c1-5-17(6-2)12-22(26(36)31-23-10-11-33(32-23)15-19-16-37-27(3,4)39-19)34-24(35)13-18(14-30-34)38-25-20(28)8-7-9-21(25)29/h7-11,13-14,17,19,22H,5-6,12,15-16H2,1-4H3,(H,31,32,36)/t19-,22?/m1/s1. The van der Waals surface area contributed by atoms with Gasteiger partial charge in [0, 0.05) is 18.3 Å². The number of hydrogen-bond donors (Lipinski definition) is 1. The summed E-state index contributed by atoms with van der Waals surface area (Å²) in [6.45, 7) is 8.59. The van der Waals surface area contributed by atoms with E-state index in [9.17, 15) is 18.4 Å². The predicted octanol–water partition coefficient (Wildman–Crippen LogP) is 4.67. The van der Waals surface area contributed by atoms with Gasteiger partial charge in [0.05, 0.1) is 19.3 Å². The van der Waals surface area contributed by atoms with Crippen LogP contribution >= 0.6 is 0 Å². The van der Waals surface area contributed by atoms with Gasteiger partial charge >= 0.3 is 0 Å². The minimum Gasteiger partial charge on any atom is -0.449 e. The van der Waals surface area contributed by atoms with Crippen LogP contribution in [0.15, 0.2) is 47.5 Å². The Labute approximate surface area is 224 Å². The van der Waals surface area contributed by atoms with Crippen LogP contribution in [0.2, 0.25) is 0 Å². The maximum atomic E-state index is 14.0. The topological polar surface area (TPSA) is 110 Å². The molecule has 1 N–H and O–H groups in total. The smallest absolute Gasteiger partial charge is 0.271 e. The molecule has 1 fully saturated rings. The molecule has 1 unspecified atom stereocenters. The second kappa shape index (κ2) is 12.0. The average molecular weight is 546 g/mol. The van der Waals surface area contributed by atoms with E-state index in [1.165, 1.54) is 6.07 Å². The summed E-state index contributed by atoms with van der Waals surface area (Å²) in [5, 5.41) is 11.3. The second-order valence-corrected chi connectivity index (χ2v) is 9.92. The third kappa shape index (κ3) is 7.07. The molecule has 2 atom stereocenters. The fourth-order valence-corrected chi connectivity index (χ4v) is 4.45. The first kappa shape index (κ1) is 28.4. The molecule has 0 spiro atoms. The predicted molar refractivity (Wildman–Crippen MR) is 138 cm³/mol. The number of anilines is 1. The van der Waals surface area contributed by atoms with Gasteiger partial charge in [0.2, 0.25) is 0 Å². The molecule has 39 heavy (non-hydrogen) atoms. The highest BCUT2D eigenvalue weighted by molar-refractivity contribution is 5.92. The van der Waals surface area contributed by atoms with E-state index < -0.39 is 40.7 Å². The summed E-state index contributed by atoms with van der Waals surface area (Å²) in [4.78, 5) is 26.4. The van der Waals surface area contributed by atoms with Gasteiger partial charge in [0.1, 0.15) is 12.1 Å². The first-order valence-electron chi connectivity index (χ1n) is 12.9. The van der Waals surface area contributed by atoms with Crippen molar-refractivity contribution < 1.29 is 27.8 Å². The fourth-order valence-electron chi connectivity index (χ4n) is 4.45. The number of nitrogens with one attached hydrogen (secondary N) is 1. The van der Waals surface area contributed by atoms with Crippen molar-refractivity contribution in [3.05, 3.63) is 64.7 Å². The first-order valence-corrected chi connectivity index (χ1v) is 12.9. The van der Waals surface area contributed by atoms with E-state index in [4.69, 9.17) is 14.2 Å². The number of aromatic nitrogens is 4. The van der Waals surface area contributed by atoms with Crippen molar-refractivity contribution in [2.24, 2.45) is 5.92 Å². The highest BCUT2D eigenvalue weighted by Crippen LogP contribution is 2.28. The van der Waals surface area contributed by atoms with Crippen LogP contribution in [-0.2, 0) is 20.8 Å². The minimum absolute atomic E-state index is 0.151. The monoisotopic (exact) mass is 545 g/mol. The summed E-state index contributed by atoms with van der Waals surface area (Å²) in [5.41, 5.74) is -0.651. The lowest BCUT2D eigenvalue weighted by Crippen LogP contribution is -2.36. The van der Waals surface area contributed by atoms with Gasteiger partial charge in [-0.1, -0.05) is 32.8 Å². The van der Waals surface area contributed by atoms with E-state index in [-0.39, 0.29) is 17.8 Å². The number of rotatable bonds is 11. The number of amides is 1.